The molecule has 0 radical (unpaired) electrons. The van der Waals surface area contributed by atoms with Crippen LogP contribution in [0.1, 0.15) is 29.4 Å². The summed E-state index contributed by atoms with van der Waals surface area (Å²) in [5.41, 5.74) is 1.06. The topological polar surface area (TPSA) is 58.1 Å². The molecule has 0 bridgehead atoms. The summed E-state index contributed by atoms with van der Waals surface area (Å²) in [7, 11) is 0. The van der Waals surface area contributed by atoms with Crippen molar-refractivity contribution in [1.29, 1.82) is 0 Å². The molecule has 2 aromatic rings. The molecule has 2 aromatic heterocycles. The van der Waals surface area contributed by atoms with Crippen LogP contribution in [0.4, 0.5) is 9.93 Å². The summed E-state index contributed by atoms with van der Waals surface area (Å²) >= 11 is 3.15. The summed E-state index contributed by atoms with van der Waals surface area (Å²) in [6, 6.07) is -0.0922. The van der Waals surface area contributed by atoms with Gasteiger partial charge in [-0.25, -0.2) is 14.8 Å². The summed E-state index contributed by atoms with van der Waals surface area (Å²) in [4.78, 5) is 23.9. The van der Waals surface area contributed by atoms with Gasteiger partial charge in [-0.2, -0.15) is 0 Å². The number of nitrogens with zero attached hydrogens (tertiary/aromatic N) is 3. The van der Waals surface area contributed by atoms with Gasteiger partial charge in [0.15, 0.2) is 5.13 Å². The van der Waals surface area contributed by atoms with Gasteiger partial charge in [0, 0.05) is 36.0 Å². The van der Waals surface area contributed by atoms with E-state index in [1.807, 2.05) is 19.2 Å². The van der Waals surface area contributed by atoms with Crippen LogP contribution < -0.4 is 5.32 Å². The third-order valence-corrected chi connectivity index (χ3v) is 4.96. The molecule has 2 amide bonds. The van der Waals surface area contributed by atoms with E-state index in [0.717, 1.165) is 23.5 Å². The van der Waals surface area contributed by atoms with E-state index < -0.39 is 0 Å². The van der Waals surface area contributed by atoms with E-state index in [1.165, 1.54) is 16.2 Å². The molecule has 7 heteroatoms. The van der Waals surface area contributed by atoms with E-state index in [2.05, 4.69) is 22.2 Å². The van der Waals surface area contributed by atoms with Crippen LogP contribution in [0, 0.1) is 6.92 Å². The van der Waals surface area contributed by atoms with E-state index in [0.29, 0.717) is 18.2 Å². The minimum absolute atomic E-state index is 0.0922. The molecule has 21 heavy (non-hydrogen) atoms. The summed E-state index contributed by atoms with van der Waals surface area (Å²) in [6.45, 7) is 7.42. The van der Waals surface area contributed by atoms with Crippen LogP contribution >= 0.6 is 22.7 Å². The third kappa shape index (κ3) is 4.25. The fraction of sp³-hybridized carbons (Fsp3) is 0.500. The molecule has 0 saturated heterocycles. The number of carbonyl (C=O) groups excluding carboxylic acids is 1. The molecule has 0 spiro atoms. The van der Waals surface area contributed by atoms with Gasteiger partial charge in [-0.3, -0.25) is 5.32 Å². The minimum Gasteiger partial charge on any atom is -0.324 e. The average Bonchev–Trinajstić information content (AvgIpc) is 3.09. The number of likely N-dealkylation sites (N-methyl/N-ethyl adjacent to an activating group) is 1. The van der Waals surface area contributed by atoms with Crippen LogP contribution in [0.2, 0.25) is 0 Å². The monoisotopic (exact) mass is 324 g/mol. The molecule has 1 N–H and O–H groups in total. The molecular weight excluding hydrogens is 304 g/mol. The van der Waals surface area contributed by atoms with Gasteiger partial charge in [-0.05, 0) is 20.3 Å². The highest BCUT2D eigenvalue weighted by Gasteiger charge is 2.15. The molecule has 2 rings (SSSR count). The van der Waals surface area contributed by atoms with Gasteiger partial charge in [0.2, 0.25) is 0 Å². The van der Waals surface area contributed by atoms with Crippen LogP contribution in [-0.2, 0) is 12.8 Å². The molecule has 0 unspecified atom stereocenters. The molecule has 0 saturated carbocycles. The van der Waals surface area contributed by atoms with Crippen LogP contribution in [0.15, 0.2) is 11.6 Å². The Morgan fingerprint density at radius 2 is 2.24 bits per heavy atom. The Balaban J connectivity index is 1.92. The van der Waals surface area contributed by atoms with Gasteiger partial charge in [0.25, 0.3) is 0 Å². The maximum Gasteiger partial charge on any atom is 0.323 e. The van der Waals surface area contributed by atoms with Crippen LogP contribution in [0.3, 0.4) is 0 Å². The lowest BCUT2D eigenvalue weighted by molar-refractivity contribution is 0.215. The molecule has 114 valence electrons. The van der Waals surface area contributed by atoms with Gasteiger partial charge in [0.1, 0.15) is 0 Å². The Hall–Kier alpha value is -1.47. The first-order valence-corrected chi connectivity index (χ1v) is 8.74. The normalized spacial score (nSPS) is 10.6. The largest absolute Gasteiger partial charge is 0.324 e. The predicted octanol–water partition coefficient (Wildman–Crippen LogP) is 3.57. The number of amides is 2. The number of carbonyl (C=O) groups is 1. The Bertz CT molecular complexity index is 580. The Labute approximate surface area is 133 Å². The molecule has 0 fully saturated rings. The van der Waals surface area contributed by atoms with Gasteiger partial charge in [-0.1, -0.05) is 6.92 Å². The number of aryl methyl sites for hydroxylation is 2. The zero-order valence-electron chi connectivity index (χ0n) is 12.5. The molecule has 5 nitrogen and oxygen atoms in total. The zero-order valence-corrected chi connectivity index (χ0v) is 14.2. The number of thiazole rings is 2. The van der Waals surface area contributed by atoms with Crippen molar-refractivity contribution in [3.05, 3.63) is 27.2 Å². The van der Waals surface area contributed by atoms with Crippen molar-refractivity contribution < 1.29 is 4.79 Å². The Morgan fingerprint density at radius 3 is 2.81 bits per heavy atom. The highest BCUT2D eigenvalue weighted by molar-refractivity contribution is 7.15. The average molecular weight is 324 g/mol. The fourth-order valence-electron chi connectivity index (χ4n) is 1.99. The lowest BCUT2D eigenvalue weighted by atomic mass is 10.3. The van der Waals surface area contributed by atoms with Crippen molar-refractivity contribution in [2.24, 2.45) is 0 Å². The molecule has 2 heterocycles. The summed E-state index contributed by atoms with van der Waals surface area (Å²) in [6.07, 6.45) is 3.47. The Kier molecular flexibility index (Phi) is 5.69. The number of hydrogen-bond donors (Lipinski definition) is 1. The van der Waals surface area contributed by atoms with Gasteiger partial charge in [-0.15, -0.1) is 22.7 Å². The maximum absolute atomic E-state index is 12.3. The molecule has 0 aromatic carbocycles. The fourth-order valence-corrected chi connectivity index (χ4v) is 3.49. The van der Waals surface area contributed by atoms with Crippen molar-refractivity contribution in [3.63, 3.8) is 0 Å². The van der Waals surface area contributed by atoms with E-state index in [9.17, 15) is 4.79 Å². The molecule has 0 aliphatic rings. The maximum atomic E-state index is 12.3. The van der Waals surface area contributed by atoms with E-state index in [4.69, 9.17) is 0 Å². The number of aromatic nitrogens is 2. The SMILES string of the molecule is CCc1nc(NC(=O)N(CC)CCc2nccs2)sc1C. The van der Waals surface area contributed by atoms with E-state index >= 15 is 0 Å². The summed E-state index contributed by atoms with van der Waals surface area (Å²) in [5.74, 6) is 0. The molecule has 0 aliphatic carbocycles. The zero-order chi connectivity index (χ0) is 15.2. The highest BCUT2D eigenvalue weighted by atomic mass is 32.1. The second-order valence-corrected chi connectivity index (χ2v) is 6.74. The third-order valence-electron chi connectivity index (χ3n) is 3.19. The second-order valence-electron chi connectivity index (χ2n) is 4.56. The molecular formula is C14H20N4OS2. The number of urea groups is 1. The first-order valence-electron chi connectivity index (χ1n) is 7.04. The quantitative estimate of drug-likeness (QED) is 0.884. The van der Waals surface area contributed by atoms with Gasteiger partial charge >= 0.3 is 6.03 Å². The van der Waals surface area contributed by atoms with Gasteiger partial charge < -0.3 is 4.90 Å². The lowest BCUT2D eigenvalue weighted by Gasteiger charge is -2.19. The van der Waals surface area contributed by atoms with Crippen molar-refractivity contribution in [2.45, 2.75) is 33.6 Å². The van der Waals surface area contributed by atoms with Gasteiger partial charge in [0.05, 0.1) is 10.7 Å². The van der Waals surface area contributed by atoms with Crippen molar-refractivity contribution in [2.75, 3.05) is 18.4 Å². The smallest absolute Gasteiger partial charge is 0.323 e. The highest BCUT2D eigenvalue weighted by Crippen LogP contribution is 2.22. The number of anilines is 1. The Morgan fingerprint density at radius 1 is 1.43 bits per heavy atom. The van der Waals surface area contributed by atoms with Crippen molar-refractivity contribution in [3.8, 4) is 0 Å². The first kappa shape index (κ1) is 15.9. The number of nitrogens with one attached hydrogen (secondary N) is 1. The molecule has 0 aliphatic heterocycles. The predicted molar refractivity (Wildman–Crippen MR) is 88.3 cm³/mol. The lowest BCUT2D eigenvalue weighted by Crippen LogP contribution is -2.36. The van der Waals surface area contributed by atoms with Crippen LogP contribution in [0.25, 0.3) is 0 Å². The van der Waals surface area contributed by atoms with Crippen LogP contribution in [-0.4, -0.2) is 34.0 Å². The van der Waals surface area contributed by atoms with Crippen LogP contribution in [0.5, 0.6) is 0 Å². The standard InChI is InChI=1S/C14H20N4OS2/c1-4-11-10(3)21-13(16-11)17-14(19)18(5-2)8-6-12-15-7-9-20-12/h7,9H,4-6,8H2,1-3H3,(H,16,17,19). The van der Waals surface area contributed by atoms with E-state index in [-0.39, 0.29) is 6.03 Å². The van der Waals surface area contributed by atoms with Crippen molar-refractivity contribution >= 4 is 33.8 Å². The summed E-state index contributed by atoms with van der Waals surface area (Å²) < 4.78 is 0. The van der Waals surface area contributed by atoms with E-state index in [1.54, 1.807) is 22.4 Å². The van der Waals surface area contributed by atoms with Crippen molar-refractivity contribution in [1.82, 2.24) is 14.9 Å². The minimum atomic E-state index is -0.0922. The second kappa shape index (κ2) is 7.51. The summed E-state index contributed by atoms with van der Waals surface area (Å²) in [5, 5.41) is 6.59. The number of rotatable bonds is 6. The molecule has 0 atom stereocenters. The number of hydrogen-bond acceptors (Lipinski definition) is 5. The first-order chi connectivity index (χ1) is 10.1.